The summed E-state index contributed by atoms with van der Waals surface area (Å²) in [5.74, 6) is 0.261. The zero-order chi connectivity index (χ0) is 9.68. The van der Waals surface area contributed by atoms with E-state index in [9.17, 15) is 5.11 Å². The average Bonchev–Trinajstić information content (AvgIpc) is 2.16. The highest BCUT2D eigenvalue weighted by molar-refractivity contribution is 14.1. The summed E-state index contributed by atoms with van der Waals surface area (Å²) in [5.41, 5.74) is 1.00. The predicted octanol–water partition coefficient (Wildman–Crippen LogP) is 2.30. The number of hydrogen-bond acceptors (Lipinski definition) is 2. The molecule has 0 fully saturated rings. The van der Waals surface area contributed by atoms with Gasteiger partial charge in [-0.1, -0.05) is 0 Å². The monoisotopic (exact) mass is 311 g/mol. The number of hydrogen-bond donors (Lipinski definition) is 2. The Morgan fingerprint density at radius 1 is 1.38 bits per heavy atom. The van der Waals surface area contributed by atoms with Gasteiger partial charge in [0.2, 0.25) is 0 Å². The van der Waals surface area contributed by atoms with Crippen LogP contribution in [0.15, 0.2) is 24.3 Å². The maximum atomic E-state index is 9.18. The second-order valence-corrected chi connectivity index (χ2v) is 4.25. The number of nitrogens with one attached hydrogen (secondary N) is 1. The van der Waals surface area contributed by atoms with Crippen molar-refractivity contribution in [1.29, 1.82) is 0 Å². The van der Waals surface area contributed by atoms with Gasteiger partial charge < -0.3 is 10.4 Å². The van der Waals surface area contributed by atoms with Crippen LogP contribution in [0.25, 0.3) is 0 Å². The van der Waals surface area contributed by atoms with Crippen molar-refractivity contribution in [1.82, 2.24) is 0 Å². The van der Waals surface area contributed by atoms with Crippen molar-refractivity contribution in [3.63, 3.8) is 0 Å². The van der Waals surface area contributed by atoms with Crippen LogP contribution in [-0.2, 0) is 0 Å². The fourth-order valence-electron chi connectivity index (χ4n) is 0.858. The number of aliphatic hydroxyl groups is 1. The first kappa shape index (κ1) is 11.1. The van der Waals surface area contributed by atoms with Crippen LogP contribution in [0.3, 0.4) is 0 Å². The van der Waals surface area contributed by atoms with Crippen LogP contribution < -0.4 is 5.32 Å². The van der Waals surface area contributed by atoms with Crippen LogP contribution in [0.1, 0.15) is 0 Å². The molecule has 1 unspecified atom stereocenters. The minimum Gasteiger partial charge on any atom is -0.390 e. The summed E-state index contributed by atoms with van der Waals surface area (Å²) in [7, 11) is 0. The van der Waals surface area contributed by atoms with Crippen molar-refractivity contribution in [2.45, 2.75) is 6.10 Å². The maximum absolute atomic E-state index is 9.18. The van der Waals surface area contributed by atoms with Gasteiger partial charge >= 0.3 is 0 Å². The Balaban J connectivity index is 2.41. The molecule has 0 aliphatic rings. The van der Waals surface area contributed by atoms with E-state index >= 15 is 0 Å². The van der Waals surface area contributed by atoms with Crippen molar-refractivity contribution < 1.29 is 5.11 Å². The Bertz CT molecular complexity index is 252. The molecule has 1 rings (SSSR count). The molecule has 0 saturated heterocycles. The van der Waals surface area contributed by atoms with Crippen LogP contribution in [0.2, 0.25) is 0 Å². The second kappa shape index (κ2) is 5.67. The lowest BCUT2D eigenvalue weighted by atomic mass is 10.3. The molecule has 2 N–H and O–H groups in total. The molecule has 72 valence electrons. The molecule has 0 aliphatic heterocycles. The minimum atomic E-state index is -0.485. The molecule has 0 aliphatic carbocycles. The van der Waals surface area contributed by atoms with Gasteiger partial charge in [-0.15, -0.1) is 11.6 Å². The van der Waals surface area contributed by atoms with Gasteiger partial charge in [-0.2, -0.15) is 0 Å². The summed E-state index contributed by atoms with van der Waals surface area (Å²) in [4.78, 5) is 0. The van der Waals surface area contributed by atoms with Gasteiger partial charge in [0.05, 0.1) is 12.0 Å². The van der Waals surface area contributed by atoms with E-state index in [-0.39, 0.29) is 5.88 Å². The Morgan fingerprint density at radius 3 is 2.54 bits per heavy atom. The van der Waals surface area contributed by atoms with Crippen molar-refractivity contribution in [3.8, 4) is 0 Å². The number of aliphatic hydroxyl groups excluding tert-OH is 1. The SMILES string of the molecule is OC(CCl)CNc1ccc(I)cc1. The lowest BCUT2D eigenvalue weighted by Gasteiger charge is -2.09. The molecule has 0 spiro atoms. The molecule has 2 nitrogen and oxygen atoms in total. The Kier molecular flexibility index (Phi) is 4.83. The summed E-state index contributed by atoms with van der Waals surface area (Å²) >= 11 is 7.70. The summed E-state index contributed by atoms with van der Waals surface area (Å²) in [6.07, 6.45) is -0.485. The van der Waals surface area contributed by atoms with Gasteiger partial charge in [0.1, 0.15) is 0 Å². The number of anilines is 1. The maximum Gasteiger partial charge on any atom is 0.0847 e. The van der Waals surface area contributed by atoms with E-state index in [4.69, 9.17) is 11.6 Å². The molecule has 0 radical (unpaired) electrons. The molecular weight excluding hydrogens is 300 g/mol. The van der Waals surface area contributed by atoms with E-state index in [0.29, 0.717) is 6.54 Å². The van der Waals surface area contributed by atoms with Crippen molar-refractivity contribution in [2.24, 2.45) is 0 Å². The van der Waals surface area contributed by atoms with E-state index in [0.717, 1.165) is 5.69 Å². The van der Waals surface area contributed by atoms with E-state index in [1.54, 1.807) is 0 Å². The molecule has 13 heavy (non-hydrogen) atoms. The van der Waals surface area contributed by atoms with Gasteiger partial charge in [-0.25, -0.2) is 0 Å². The quantitative estimate of drug-likeness (QED) is 0.660. The van der Waals surface area contributed by atoms with Crippen molar-refractivity contribution >= 4 is 39.9 Å². The van der Waals surface area contributed by atoms with Crippen molar-refractivity contribution in [3.05, 3.63) is 27.8 Å². The third-order valence-electron chi connectivity index (χ3n) is 1.56. The van der Waals surface area contributed by atoms with Gasteiger partial charge in [0, 0.05) is 15.8 Å². The standard InChI is InChI=1S/C9H11ClINO/c10-5-9(13)6-12-8-3-1-7(11)2-4-8/h1-4,9,12-13H,5-6H2. The highest BCUT2D eigenvalue weighted by Crippen LogP contribution is 2.10. The highest BCUT2D eigenvalue weighted by atomic mass is 127. The Hall–Kier alpha value is -0.000000000000000111. The zero-order valence-corrected chi connectivity index (χ0v) is 9.92. The first-order valence-electron chi connectivity index (χ1n) is 3.96. The number of halogens is 2. The summed E-state index contributed by atoms with van der Waals surface area (Å²) < 4.78 is 1.20. The Labute approximate surface area is 96.4 Å². The summed E-state index contributed by atoms with van der Waals surface area (Å²) in [6, 6.07) is 7.97. The molecule has 1 aromatic carbocycles. The lowest BCUT2D eigenvalue weighted by Crippen LogP contribution is -2.20. The molecule has 0 saturated carbocycles. The average molecular weight is 312 g/mol. The van der Waals surface area contributed by atoms with Gasteiger partial charge in [0.15, 0.2) is 0 Å². The molecule has 0 aromatic heterocycles. The predicted molar refractivity (Wildman–Crippen MR) is 64.4 cm³/mol. The molecule has 0 amide bonds. The van der Waals surface area contributed by atoms with Gasteiger partial charge in [-0.3, -0.25) is 0 Å². The van der Waals surface area contributed by atoms with Crippen LogP contribution in [0.4, 0.5) is 5.69 Å². The molecule has 4 heteroatoms. The number of alkyl halides is 1. The fraction of sp³-hybridized carbons (Fsp3) is 0.333. The van der Waals surface area contributed by atoms with Gasteiger partial charge in [-0.05, 0) is 46.9 Å². The Morgan fingerprint density at radius 2 is 2.00 bits per heavy atom. The van der Waals surface area contributed by atoms with Gasteiger partial charge in [0.25, 0.3) is 0 Å². The normalized spacial score (nSPS) is 12.5. The highest BCUT2D eigenvalue weighted by Gasteiger charge is 2.00. The molecule has 1 atom stereocenters. The number of rotatable bonds is 4. The summed E-state index contributed by atoms with van der Waals surface area (Å²) in [5, 5.41) is 12.3. The molecular formula is C9H11ClINO. The van der Waals surface area contributed by atoms with Crippen LogP contribution >= 0.6 is 34.2 Å². The number of benzene rings is 1. The smallest absolute Gasteiger partial charge is 0.0847 e. The molecule has 0 heterocycles. The van der Waals surface area contributed by atoms with Crippen LogP contribution in [0, 0.1) is 3.57 Å². The van der Waals surface area contributed by atoms with E-state index in [1.807, 2.05) is 24.3 Å². The van der Waals surface area contributed by atoms with E-state index in [1.165, 1.54) is 3.57 Å². The lowest BCUT2D eigenvalue weighted by molar-refractivity contribution is 0.211. The third-order valence-corrected chi connectivity index (χ3v) is 2.64. The zero-order valence-electron chi connectivity index (χ0n) is 7.00. The largest absolute Gasteiger partial charge is 0.390 e. The molecule has 0 bridgehead atoms. The van der Waals surface area contributed by atoms with Crippen LogP contribution in [0.5, 0.6) is 0 Å². The minimum absolute atomic E-state index is 0.261. The second-order valence-electron chi connectivity index (χ2n) is 2.70. The fourth-order valence-corrected chi connectivity index (χ4v) is 1.33. The van der Waals surface area contributed by atoms with E-state index < -0.39 is 6.10 Å². The summed E-state index contributed by atoms with van der Waals surface area (Å²) in [6.45, 7) is 0.490. The molecule has 1 aromatic rings. The van der Waals surface area contributed by atoms with Crippen LogP contribution in [-0.4, -0.2) is 23.6 Å². The van der Waals surface area contributed by atoms with E-state index in [2.05, 4.69) is 27.9 Å². The topological polar surface area (TPSA) is 32.3 Å². The third kappa shape index (κ3) is 4.15. The van der Waals surface area contributed by atoms with Crippen molar-refractivity contribution in [2.75, 3.05) is 17.7 Å². The first-order valence-corrected chi connectivity index (χ1v) is 5.57. The first-order chi connectivity index (χ1) is 6.22.